The highest BCUT2D eigenvalue weighted by atomic mass is 16.5. The fraction of sp³-hybridized carbons (Fsp3) is 0.300. The van der Waals surface area contributed by atoms with Crippen LogP contribution in [0.5, 0.6) is 11.5 Å². The van der Waals surface area contributed by atoms with Gasteiger partial charge in [-0.3, -0.25) is 9.59 Å². The van der Waals surface area contributed by atoms with Crippen LogP contribution in [0.2, 0.25) is 0 Å². The molecule has 1 aliphatic heterocycles. The number of aryl methyl sites for hydroxylation is 1. The highest BCUT2D eigenvalue weighted by Crippen LogP contribution is 2.31. The van der Waals surface area contributed by atoms with E-state index in [1.54, 1.807) is 30.2 Å². The molecule has 1 N–H and O–H groups in total. The number of methoxy groups -OCH3 is 2. The Kier molecular flexibility index (Phi) is 5.11. The van der Waals surface area contributed by atoms with Gasteiger partial charge in [0.2, 0.25) is 11.8 Å². The number of benzene rings is 2. The van der Waals surface area contributed by atoms with E-state index in [4.69, 9.17) is 9.47 Å². The van der Waals surface area contributed by atoms with E-state index in [1.807, 2.05) is 31.2 Å². The minimum absolute atomic E-state index is 0.0406. The predicted molar refractivity (Wildman–Crippen MR) is 99.8 cm³/mol. The third-order valence-corrected chi connectivity index (χ3v) is 4.57. The maximum Gasteiger partial charge on any atom is 0.229 e. The molecular weight excluding hydrogens is 332 g/mol. The van der Waals surface area contributed by atoms with Gasteiger partial charge in [0.1, 0.15) is 11.5 Å². The van der Waals surface area contributed by atoms with Gasteiger partial charge in [-0.1, -0.05) is 18.2 Å². The van der Waals surface area contributed by atoms with E-state index in [2.05, 4.69) is 5.32 Å². The van der Waals surface area contributed by atoms with Crippen LogP contribution >= 0.6 is 0 Å². The minimum Gasteiger partial charge on any atom is -0.497 e. The van der Waals surface area contributed by atoms with Crippen LogP contribution in [-0.2, 0) is 9.59 Å². The first-order valence-electron chi connectivity index (χ1n) is 8.42. The maximum absolute atomic E-state index is 12.7. The van der Waals surface area contributed by atoms with Crippen molar-refractivity contribution in [3.05, 3.63) is 48.0 Å². The molecule has 3 rings (SSSR count). The number of nitrogens with zero attached hydrogens (tertiary/aromatic N) is 1. The SMILES string of the molecule is COc1ccc(NC(=O)[C@@H]2CC(=O)N(c3ccccc3C)C2)c(OC)c1. The second kappa shape index (κ2) is 7.47. The Morgan fingerprint density at radius 2 is 1.92 bits per heavy atom. The van der Waals surface area contributed by atoms with Crippen LogP contribution in [0.15, 0.2) is 42.5 Å². The molecule has 0 aromatic heterocycles. The molecule has 2 amide bonds. The van der Waals surface area contributed by atoms with Gasteiger partial charge in [0.15, 0.2) is 0 Å². The molecule has 6 nitrogen and oxygen atoms in total. The van der Waals surface area contributed by atoms with Gasteiger partial charge in [-0.25, -0.2) is 0 Å². The van der Waals surface area contributed by atoms with Gasteiger partial charge in [0, 0.05) is 24.7 Å². The van der Waals surface area contributed by atoms with Crippen LogP contribution in [-0.4, -0.2) is 32.6 Å². The summed E-state index contributed by atoms with van der Waals surface area (Å²) in [6.07, 6.45) is 0.193. The minimum atomic E-state index is -0.408. The molecule has 136 valence electrons. The zero-order valence-electron chi connectivity index (χ0n) is 15.1. The lowest BCUT2D eigenvalue weighted by Gasteiger charge is -2.19. The van der Waals surface area contributed by atoms with Crippen molar-refractivity contribution < 1.29 is 19.1 Å². The van der Waals surface area contributed by atoms with Crippen LogP contribution < -0.4 is 19.7 Å². The molecule has 26 heavy (non-hydrogen) atoms. The van der Waals surface area contributed by atoms with Gasteiger partial charge in [0.25, 0.3) is 0 Å². The van der Waals surface area contributed by atoms with Gasteiger partial charge >= 0.3 is 0 Å². The van der Waals surface area contributed by atoms with E-state index >= 15 is 0 Å². The summed E-state index contributed by atoms with van der Waals surface area (Å²) < 4.78 is 10.5. The smallest absolute Gasteiger partial charge is 0.229 e. The number of para-hydroxylation sites is 1. The van der Waals surface area contributed by atoms with E-state index in [0.29, 0.717) is 23.7 Å². The number of ether oxygens (including phenoxy) is 2. The molecule has 0 unspecified atom stereocenters. The summed E-state index contributed by atoms with van der Waals surface area (Å²) in [6.45, 7) is 2.33. The zero-order valence-corrected chi connectivity index (χ0v) is 15.1. The molecule has 0 aliphatic carbocycles. The van der Waals surface area contributed by atoms with Crippen LogP contribution in [0.25, 0.3) is 0 Å². The molecule has 0 bridgehead atoms. The third-order valence-electron chi connectivity index (χ3n) is 4.57. The second-order valence-electron chi connectivity index (χ2n) is 6.25. The van der Waals surface area contributed by atoms with Crippen molar-refractivity contribution in [3.8, 4) is 11.5 Å². The lowest BCUT2D eigenvalue weighted by molar-refractivity contribution is -0.122. The highest BCUT2D eigenvalue weighted by molar-refractivity contribution is 6.04. The monoisotopic (exact) mass is 354 g/mol. The first-order chi connectivity index (χ1) is 12.5. The zero-order chi connectivity index (χ0) is 18.7. The van der Waals surface area contributed by atoms with Gasteiger partial charge in [0.05, 0.1) is 25.8 Å². The molecule has 1 atom stereocenters. The van der Waals surface area contributed by atoms with Crippen molar-refractivity contribution in [1.82, 2.24) is 0 Å². The molecular formula is C20H22N2O4. The molecule has 1 aliphatic rings. The Bertz CT molecular complexity index is 834. The molecule has 2 aromatic rings. The summed E-state index contributed by atoms with van der Waals surface area (Å²) in [5, 5.41) is 2.86. The van der Waals surface area contributed by atoms with Gasteiger partial charge < -0.3 is 19.7 Å². The van der Waals surface area contributed by atoms with Crippen molar-refractivity contribution in [1.29, 1.82) is 0 Å². The van der Waals surface area contributed by atoms with Gasteiger partial charge in [-0.15, -0.1) is 0 Å². The van der Waals surface area contributed by atoms with Crippen molar-refractivity contribution in [3.63, 3.8) is 0 Å². The van der Waals surface area contributed by atoms with Crippen LogP contribution in [0, 0.1) is 12.8 Å². The summed E-state index contributed by atoms with van der Waals surface area (Å²) in [4.78, 5) is 26.8. The van der Waals surface area contributed by atoms with Crippen molar-refractivity contribution in [2.45, 2.75) is 13.3 Å². The van der Waals surface area contributed by atoms with Crippen molar-refractivity contribution in [2.24, 2.45) is 5.92 Å². The normalized spacial score (nSPS) is 16.5. The fourth-order valence-corrected chi connectivity index (χ4v) is 3.12. The molecule has 0 spiro atoms. The Morgan fingerprint density at radius 3 is 2.62 bits per heavy atom. The predicted octanol–water partition coefficient (Wildman–Crippen LogP) is 3.00. The second-order valence-corrected chi connectivity index (χ2v) is 6.25. The van der Waals surface area contributed by atoms with Gasteiger partial charge in [-0.2, -0.15) is 0 Å². The van der Waals surface area contributed by atoms with Crippen molar-refractivity contribution >= 4 is 23.2 Å². The molecule has 0 saturated carbocycles. The Labute approximate surface area is 152 Å². The van der Waals surface area contributed by atoms with Gasteiger partial charge in [-0.05, 0) is 30.7 Å². The van der Waals surface area contributed by atoms with E-state index in [1.165, 1.54) is 7.11 Å². The summed E-state index contributed by atoms with van der Waals surface area (Å²) in [7, 11) is 3.10. The topological polar surface area (TPSA) is 67.9 Å². The van der Waals surface area contributed by atoms with E-state index in [-0.39, 0.29) is 18.2 Å². The standard InChI is InChI=1S/C20H22N2O4/c1-13-6-4-5-7-17(13)22-12-14(10-19(22)23)20(24)21-16-9-8-15(25-2)11-18(16)26-3/h4-9,11,14H,10,12H2,1-3H3,(H,21,24)/t14-/m1/s1. The largest absolute Gasteiger partial charge is 0.497 e. The first kappa shape index (κ1) is 17.8. The van der Waals surface area contributed by atoms with E-state index < -0.39 is 5.92 Å². The average molecular weight is 354 g/mol. The number of anilines is 2. The highest BCUT2D eigenvalue weighted by Gasteiger charge is 2.35. The summed E-state index contributed by atoms with van der Waals surface area (Å²) in [5.41, 5.74) is 2.42. The lowest BCUT2D eigenvalue weighted by atomic mass is 10.1. The number of rotatable bonds is 5. The van der Waals surface area contributed by atoms with E-state index in [0.717, 1.165) is 11.3 Å². The average Bonchev–Trinajstić information content (AvgIpc) is 3.04. The molecule has 2 aromatic carbocycles. The first-order valence-corrected chi connectivity index (χ1v) is 8.42. The quantitative estimate of drug-likeness (QED) is 0.896. The van der Waals surface area contributed by atoms with Crippen LogP contribution in [0.3, 0.4) is 0 Å². The molecule has 0 radical (unpaired) electrons. The molecule has 1 fully saturated rings. The Morgan fingerprint density at radius 1 is 1.15 bits per heavy atom. The summed E-state index contributed by atoms with van der Waals surface area (Å²) in [5.74, 6) is 0.507. The molecule has 6 heteroatoms. The fourth-order valence-electron chi connectivity index (χ4n) is 3.12. The van der Waals surface area contributed by atoms with Crippen LogP contribution in [0.4, 0.5) is 11.4 Å². The number of hydrogen-bond acceptors (Lipinski definition) is 4. The number of carbonyl (C=O) groups is 2. The Hall–Kier alpha value is -3.02. The third kappa shape index (κ3) is 3.49. The molecule has 1 heterocycles. The Balaban J connectivity index is 1.74. The maximum atomic E-state index is 12.7. The number of nitrogens with one attached hydrogen (secondary N) is 1. The number of hydrogen-bond donors (Lipinski definition) is 1. The molecule has 1 saturated heterocycles. The van der Waals surface area contributed by atoms with Crippen LogP contribution in [0.1, 0.15) is 12.0 Å². The summed E-state index contributed by atoms with van der Waals surface area (Å²) in [6, 6.07) is 12.9. The summed E-state index contributed by atoms with van der Waals surface area (Å²) >= 11 is 0. The van der Waals surface area contributed by atoms with Crippen molar-refractivity contribution in [2.75, 3.05) is 31.0 Å². The lowest BCUT2D eigenvalue weighted by Crippen LogP contribution is -2.28. The van der Waals surface area contributed by atoms with E-state index in [9.17, 15) is 9.59 Å². The number of amides is 2. The number of carbonyl (C=O) groups excluding carboxylic acids is 2.